The minimum absolute atomic E-state index is 0.0648. The molecule has 3 heteroatoms. The Balaban J connectivity index is 2.47. The van der Waals surface area contributed by atoms with E-state index in [1.54, 1.807) is 7.11 Å². The molecule has 0 amide bonds. The predicted octanol–water partition coefficient (Wildman–Crippen LogP) is 3.21. The Hall–Kier alpha value is -0.900. The van der Waals surface area contributed by atoms with Crippen molar-refractivity contribution in [2.24, 2.45) is 0 Å². The summed E-state index contributed by atoms with van der Waals surface area (Å²) in [5, 5.41) is 3.45. The minimum atomic E-state index is -0.0648. The molecule has 0 heterocycles. The molecule has 1 aromatic carbocycles. The Morgan fingerprint density at radius 2 is 1.80 bits per heavy atom. The lowest BCUT2D eigenvalue weighted by molar-refractivity contribution is -0.00625. The smallest absolute Gasteiger partial charge is 0.0598 e. The van der Waals surface area contributed by atoms with Gasteiger partial charge in [0.25, 0.3) is 0 Å². The first-order valence-corrected chi connectivity index (χ1v) is 7.41. The predicted molar refractivity (Wildman–Crippen MR) is 84.3 cm³/mol. The van der Waals surface area contributed by atoms with Gasteiger partial charge in [-0.05, 0) is 38.7 Å². The minimum Gasteiger partial charge on any atom is -0.383 e. The fourth-order valence-electron chi connectivity index (χ4n) is 2.07. The van der Waals surface area contributed by atoms with Crippen LogP contribution in [0.25, 0.3) is 0 Å². The summed E-state index contributed by atoms with van der Waals surface area (Å²) in [6.07, 6.45) is 1.03. The summed E-state index contributed by atoms with van der Waals surface area (Å²) >= 11 is 0. The van der Waals surface area contributed by atoms with Crippen LogP contribution in [0.1, 0.15) is 38.7 Å². The number of hydrogen-bond donors (Lipinski definition) is 1. The Labute approximate surface area is 123 Å². The lowest BCUT2D eigenvalue weighted by atomic mass is 9.96. The second-order valence-corrected chi connectivity index (χ2v) is 6.05. The molecule has 0 radical (unpaired) electrons. The molecule has 3 nitrogen and oxygen atoms in total. The number of benzene rings is 1. The molecule has 0 aliphatic carbocycles. The van der Waals surface area contributed by atoms with Gasteiger partial charge in [0.2, 0.25) is 0 Å². The second kappa shape index (κ2) is 9.11. The Morgan fingerprint density at radius 1 is 1.10 bits per heavy atom. The van der Waals surface area contributed by atoms with Crippen molar-refractivity contribution in [1.82, 2.24) is 5.32 Å². The zero-order valence-electron chi connectivity index (χ0n) is 13.3. The van der Waals surface area contributed by atoms with Crippen molar-refractivity contribution in [3.63, 3.8) is 0 Å². The van der Waals surface area contributed by atoms with Gasteiger partial charge in [0, 0.05) is 26.8 Å². The van der Waals surface area contributed by atoms with Gasteiger partial charge < -0.3 is 14.8 Å². The van der Waals surface area contributed by atoms with E-state index in [9.17, 15) is 0 Å². The molecule has 0 saturated carbocycles. The van der Waals surface area contributed by atoms with E-state index in [-0.39, 0.29) is 5.60 Å². The summed E-state index contributed by atoms with van der Waals surface area (Å²) in [5.74, 6) is 0.482. The van der Waals surface area contributed by atoms with Crippen LogP contribution in [-0.2, 0) is 9.47 Å². The van der Waals surface area contributed by atoms with Gasteiger partial charge >= 0.3 is 0 Å². The van der Waals surface area contributed by atoms with Crippen molar-refractivity contribution in [1.29, 1.82) is 0 Å². The van der Waals surface area contributed by atoms with Crippen LogP contribution in [0.2, 0.25) is 0 Å². The molecule has 0 aromatic heterocycles. The van der Waals surface area contributed by atoms with Gasteiger partial charge in [0.05, 0.1) is 12.2 Å². The van der Waals surface area contributed by atoms with Crippen LogP contribution < -0.4 is 5.32 Å². The van der Waals surface area contributed by atoms with Crippen LogP contribution in [0.5, 0.6) is 0 Å². The normalized spacial score (nSPS) is 13.4. The molecule has 1 unspecified atom stereocenters. The van der Waals surface area contributed by atoms with Gasteiger partial charge in [-0.15, -0.1) is 0 Å². The van der Waals surface area contributed by atoms with Crippen molar-refractivity contribution in [3.05, 3.63) is 35.9 Å². The zero-order valence-corrected chi connectivity index (χ0v) is 13.3. The highest BCUT2D eigenvalue weighted by molar-refractivity contribution is 5.19. The molecule has 1 N–H and O–H groups in total. The molecule has 0 fully saturated rings. The molecule has 0 bridgehead atoms. The van der Waals surface area contributed by atoms with Crippen LogP contribution in [-0.4, -0.2) is 39.0 Å². The number of rotatable bonds is 9. The fourth-order valence-corrected chi connectivity index (χ4v) is 2.07. The molecule has 0 spiro atoms. The SMILES string of the molecule is COCCNCC(CCOC(C)(C)C)c1ccccc1. The maximum Gasteiger partial charge on any atom is 0.0598 e. The molecule has 1 rings (SSSR count). The maximum atomic E-state index is 5.86. The molecule has 0 aliphatic heterocycles. The molecule has 1 aromatic rings. The van der Waals surface area contributed by atoms with E-state index in [1.807, 2.05) is 0 Å². The van der Waals surface area contributed by atoms with E-state index in [0.717, 1.165) is 32.7 Å². The molecule has 20 heavy (non-hydrogen) atoms. The largest absolute Gasteiger partial charge is 0.383 e. The second-order valence-electron chi connectivity index (χ2n) is 6.05. The van der Waals surface area contributed by atoms with E-state index >= 15 is 0 Å². The third-order valence-electron chi connectivity index (χ3n) is 3.15. The molecular weight excluding hydrogens is 250 g/mol. The average Bonchev–Trinajstić information content (AvgIpc) is 2.41. The van der Waals surface area contributed by atoms with Gasteiger partial charge in [-0.1, -0.05) is 30.3 Å². The van der Waals surface area contributed by atoms with Crippen LogP contribution in [0.15, 0.2) is 30.3 Å². The summed E-state index contributed by atoms with van der Waals surface area (Å²) in [5.41, 5.74) is 1.31. The summed E-state index contributed by atoms with van der Waals surface area (Å²) in [4.78, 5) is 0. The maximum absolute atomic E-state index is 5.86. The molecule has 0 aliphatic rings. The number of nitrogens with one attached hydrogen (secondary N) is 1. The van der Waals surface area contributed by atoms with Crippen LogP contribution >= 0.6 is 0 Å². The summed E-state index contributed by atoms with van der Waals surface area (Å²) in [6, 6.07) is 10.6. The van der Waals surface area contributed by atoms with Crippen molar-refractivity contribution < 1.29 is 9.47 Å². The first-order valence-electron chi connectivity index (χ1n) is 7.41. The number of hydrogen-bond acceptors (Lipinski definition) is 3. The zero-order chi connectivity index (χ0) is 14.8. The highest BCUT2D eigenvalue weighted by Crippen LogP contribution is 2.20. The van der Waals surface area contributed by atoms with Gasteiger partial charge in [0.15, 0.2) is 0 Å². The van der Waals surface area contributed by atoms with Crippen LogP contribution in [0.3, 0.4) is 0 Å². The Morgan fingerprint density at radius 3 is 2.40 bits per heavy atom. The lowest BCUT2D eigenvalue weighted by Crippen LogP contribution is -2.27. The monoisotopic (exact) mass is 279 g/mol. The van der Waals surface area contributed by atoms with E-state index in [0.29, 0.717) is 5.92 Å². The van der Waals surface area contributed by atoms with Crippen molar-refractivity contribution in [2.45, 2.75) is 38.7 Å². The Kier molecular flexibility index (Phi) is 7.82. The quantitative estimate of drug-likeness (QED) is 0.704. The van der Waals surface area contributed by atoms with E-state index in [4.69, 9.17) is 9.47 Å². The molecule has 114 valence electrons. The van der Waals surface area contributed by atoms with Crippen molar-refractivity contribution in [2.75, 3.05) is 33.4 Å². The summed E-state index contributed by atoms with van der Waals surface area (Å²) < 4.78 is 10.9. The van der Waals surface area contributed by atoms with Gasteiger partial charge in [-0.2, -0.15) is 0 Å². The third-order valence-corrected chi connectivity index (χ3v) is 3.15. The average molecular weight is 279 g/mol. The highest BCUT2D eigenvalue weighted by atomic mass is 16.5. The van der Waals surface area contributed by atoms with Gasteiger partial charge in [-0.25, -0.2) is 0 Å². The Bertz CT molecular complexity index is 346. The van der Waals surface area contributed by atoms with E-state index in [1.165, 1.54) is 5.56 Å². The third kappa shape index (κ3) is 7.63. The van der Waals surface area contributed by atoms with Crippen LogP contribution in [0, 0.1) is 0 Å². The van der Waals surface area contributed by atoms with Crippen molar-refractivity contribution in [3.8, 4) is 0 Å². The van der Waals surface area contributed by atoms with Gasteiger partial charge in [-0.3, -0.25) is 0 Å². The summed E-state index contributed by atoms with van der Waals surface area (Å²) in [6.45, 7) is 9.68. The molecular formula is C17H29NO2. The van der Waals surface area contributed by atoms with Crippen LogP contribution in [0.4, 0.5) is 0 Å². The first kappa shape index (κ1) is 17.2. The van der Waals surface area contributed by atoms with E-state index in [2.05, 4.69) is 56.4 Å². The topological polar surface area (TPSA) is 30.5 Å². The van der Waals surface area contributed by atoms with Gasteiger partial charge in [0.1, 0.15) is 0 Å². The lowest BCUT2D eigenvalue weighted by Gasteiger charge is -2.23. The first-order chi connectivity index (χ1) is 9.53. The fraction of sp³-hybridized carbons (Fsp3) is 0.647. The number of methoxy groups -OCH3 is 1. The highest BCUT2D eigenvalue weighted by Gasteiger charge is 2.14. The summed E-state index contributed by atoms with van der Waals surface area (Å²) in [7, 11) is 1.73. The number of ether oxygens (including phenoxy) is 2. The molecule has 0 saturated heterocycles. The standard InChI is InChI=1S/C17H29NO2/c1-17(2,3)20-12-10-16(14-18-11-13-19-4)15-8-6-5-7-9-15/h5-9,16,18H,10-14H2,1-4H3. The van der Waals surface area contributed by atoms with Crippen molar-refractivity contribution >= 4 is 0 Å². The van der Waals surface area contributed by atoms with E-state index < -0.39 is 0 Å². The molecule has 1 atom stereocenters.